The highest BCUT2D eigenvalue weighted by atomic mass is 35.5. The monoisotopic (exact) mass is 262 g/mol. The van der Waals surface area contributed by atoms with Crippen molar-refractivity contribution >= 4 is 17.4 Å². The average Bonchev–Trinajstić information content (AvgIpc) is 2.38. The Morgan fingerprint density at radius 3 is 2.39 bits per heavy atom. The van der Waals surface area contributed by atoms with Gasteiger partial charge in [0.1, 0.15) is 5.82 Å². The van der Waals surface area contributed by atoms with E-state index in [1.807, 2.05) is 12.1 Å². The number of benzene rings is 2. The van der Waals surface area contributed by atoms with Crippen molar-refractivity contribution in [3.8, 4) is 0 Å². The molecular formula is C15H12ClFO. The van der Waals surface area contributed by atoms with Crippen LogP contribution in [0.25, 0.3) is 0 Å². The Kier molecular flexibility index (Phi) is 4.11. The second kappa shape index (κ2) is 5.78. The van der Waals surface area contributed by atoms with Gasteiger partial charge in [-0.05, 0) is 36.2 Å². The number of ketones is 1. The normalized spacial score (nSPS) is 10.3. The zero-order valence-electron chi connectivity index (χ0n) is 9.70. The van der Waals surface area contributed by atoms with Crippen molar-refractivity contribution in [1.82, 2.24) is 0 Å². The van der Waals surface area contributed by atoms with Crippen LogP contribution < -0.4 is 0 Å². The molecule has 0 bridgehead atoms. The van der Waals surface area contributed by atoms with Crippen LogP contribution in [0.4, 0.5) is 4.39 Å². The fraction of sp³-hybridized carbons (Fsp3) is 0.133. The van der Waals surface area contributed by atoms with Gasteiger partial charge in [0.2, 0.25) is 0 Å². The molecule has 0 aliphatic carbocycles. The van der Waals surface area contributed by atoms with E-state index in [0.29, 0.717) is 17.9 Å². The third-order valence-electron chi connectivity index (χ3n) is 2.73. The van der Waals surface area contributed by atoms with E-state index >= 15 is 0 Å². The van der Waals surface area contributed by atoms with Crippen LogP contribution in [-0.2, 0) is 6.42 Å². The third kappa shape index (κ3) is 3.17. The molecule has 0 radical (unpaired) electrons. The molecule has 0 aliphatic heterocycles. The topological polar surface area (TPSA) is 17.1 Å². The van der Waals surface area contributed by atoms with Crippen LogP contribution in [0.3, 0.4) is 0 Å². The number of rotatable bonds is 4. The number of hydrogen-bond acceptors (Lipinski definition) is 1. The first-order chi connectivity index (χ1) is 8.66. The number of Topliss-reactive ketones (excluding diaryl/α,β-unsaturated/α-hetero) is 1. The number of carbonyl (C=O) groups excluding carboxylic acids is 1. The van der Waals surface area contributed by atoms with Crippen LogP contribution >= 0.6 is 11.6 Å². The highest BCUT2D eigenvalue weighted by Gasteiger charge is 2.10. The molecule has 0 N–H and O–H groups in total. The lowest BCUT2D eigenvalue weighted by atomic mass is 10.0. The average molecular weight is 263 g/mol. The van der Waals surface area contributed by atoms with Crippen LogP contribution in [0.15, 0.2) is 48.5 Å². The van der Waals surface area contributed by atoms with Crippen LogP contribution in [0, 0.1) is 5.82 Å². The zero-order valence-corrected chi connectivity index (χ0v) is 10.5. The van der Waals surface area contributed by atoms with Gasteiger partial charge in [0, 0.05) is 11.4 Å². The first-order valence-electron chi connectivity index (χ1n) is 5.69. The van der Waals surface area contributed by atoms with Gasteiger partial charge in [0.25, 0.3) is 0 Å². The summed E-state index contributed by atoms with van der Waals surface area (Å²) < 4.78 is 13.4. The Morgan fingerprint density at radius 1 is 1.06 bits per heavy atom. The molecule has 1 nitrogen and oxygen atoms in total. The quantitative estimate of drug-likeness (QED) is 0.751. The molecule has 3 heteroatoms. The Morgan fingerprint density at radius 2 is 1.72 bits per heavy atom. The summed E-state index contributed by atoms with van der Waals surface area (Å²) in [5, 5.41) is 0.666. The molecule has 2 aromatic carbocycles. The Hall–Kier alpha value is -1.67. The Bertz CT molecular complexity index is 549. The minimum absolute atomic E-state index is 0.159. The van der Waals surface area contributed by atoms with Gasteiger partial charge in [0.15, 0.2) is 5.78 Å². The summed E-state index contributed by atoms with van der Waals surface area (Å²) in [6.07, 6.45) is 0.882. The van der Waals surface area contributed by atoms with Crippen molar-refractivity contribution in [2.75, 3.05) is 0 Å². The van der Waals surface area contributed by atoms with Crippen molar-refractivity contribution in [2.45, 2.75) is 12.8 Å². The summed E-state index contributed by atoms with van der Waals surface area (Å²) in [6, 6.07) is 13.4. The smallest absolute Gasteiger partial charge is 0.166 e. The lowest BCUT2D eigenvalue weighted by Gasteiger charge is -2.03. The van der Waals surface area contributed by atoms with Crippen LogP contribution in [0.5, 0.6) is 0 Å². The molecule has 0 unspecified atom stereocenters. The molecule has 0 saturated carbocycles. The molecule has 2 rings (SSSR count). The number of hydrogen-bond donors (Lipinski definition) is 0. The highest BCUT2D eigenvalue weighted by molar-refractivity contribution is 6.30. The second-order valence-corrected chi connectivity index (χ2v) is 4.47. The first kappa shape index (κ1) is 12.8. The fourth-order valence-electron chi connectivity index (χ4n) is 1.73. The number of aryl methyl sites for hydroxylation is 1. The van der Waals surface area contributed by atoms with Crippen molar-refractivity contribution < 1.29 is 9.18 Å². The zero-order chi connectivity index (χ0) is 13.0. The Balaban J connectivity index is 2.01. The van der Waals surface area contributed by atoms with Crippen molar-refractivity contribution in [3.63, 3.8) is 0 Å². The van der Waals surface area contributed by atoms with E-state index in [9.17, 15) is 9.18 Å². The van der Waals surface area contributed by atoms with Crippen LogP contribution in [-0.4, -0.2) is 5.78 Å². The largest absolute Gasteiger partial charge is 0.294 e. The van der Waals surface area contributed by atoms with Gasteiger partial charge in [-0.25, -0.2) is 4.39 Å². The minimum Gasteiger partial charge on any atom is -0.294 e. The summed E-state index contributed by atoms with van der Waals surface area (Å²) in [5.41, 5.74) is 1.18. The van der Waals surface area contributed by atoms with E-state index in [4.69, 9.17) is 11.6 Å². The molecule has 0 fully saturated rings. The van der Waals surface area contributed by atoms with Gasteiger partial charge in [-0.3, -0.25) is 4.79 Å². The van der Waals surface area contributed by atoms with Gasteiger partial charge in [0.05, 0.1) is 5.56 Å². The molecule has 0 saturated heterocycles. The molecule has 92 valence electrons. The molecule has 0 aromatic heterocycles. The highest BCUT2D eigenvalue weighted by Crippen LogP contribution is 2.14. The molecule has 18 heavy (non-hydrogen) atoms. The summed E-state index contributed by atoms with van der Waals surface area (Å²) in [6.45, 7) is 0. The van der Waals surface area contributed by atoms with Gasteiger partial charge in [-0.1, -0.05) is 35.9 Å². The van der Waals surface area contributed by atoms with E-state index < -0.39 is 5.82 Å². The summed E-state index contributed by atoms with van der Waals surface area (Å²) in [5.74, 6) is -0.637. The lowest BCUT2D eigenvalue weighted by molar-refractivity contribution is 0.0979. The molecule has 0 aliphatic rings. The molecule has 0 spiro atoms. The maximum absolute atomic E-state index is 13.4. The predicted octanol–water partition coefficient (Wildman–Crippen LogP) is 4.29. The molecule has 0 atom stereocenters. The molecule has 0 amide bonds. The summed E-state index contributed by atoms with van der Waals surface area (Å²) >= 11 is 5.77. The maximum atomic E-state index is 13.4. The summed E-state index contributed by atoms with van der Waals surface area (Å²) in [4.78, 5) is 11.8. The minimum atomic E-state index is -0.460. The van der Waals surface area contributed by atoms with E-state index in [2.05, 4.69) is 0 Å². The van der Waals surface area contributed by atoms with E-state index in [0.717, 1.165) is 5.56 Å². The van der Waals surface area contributed by atoms with Crippen molar-refractivity contribution in [2.24, 2.45) is 0 Å². The van der Waals surface area contributed by atoms with Crippen molar-refractivity contribution in [1.29, 1.82) is 0 Å². The van der Waals surface area contributed by atoms with Crippen LogP contribution in [0.2, 0.25) is 5.02 Å². The first-order valence-corrected chi connectivity index (χ1v) is 6.07. The van der Waals surface area contributed by atoms with Gasteiger partial charge in [-0.15, -0.1) is 0 Å². The summed E-state index contributed by atoms with van der Waals surface area (Å²) in [7, 11) is 0. The van der Waals surface area contributed by atoms with E-state index in [1.54, 1.807) is 24.3 Å². The lowest BCUT2D eigenvalue weighted by Crippen LogP contribution is -2.03. The molecular weight excluding hydrogens is 251 g/mol. The van der Waals surface area contributed by atoms with Crippen molar-refractivity contribution in [3.05, 3.63) is 70.5 Å². The standard InChI is InChI=1S/C15H12ClFO/c16-12-8-5-11(6-9-12)7-10-15(18)13-3-1-2-4-14(13)17/h1-6,8-9H,7,10H2. The maximum Gasteiger partial charge on any atom is 0.166 e. The number of carbonyl (C=O) groups is 1. The van der Waals surface area contributed by atoms with Crippen LogP contribution in [0.1, 0.15) is 22.3 Å². The molecule has 0 heterocycles. The molecule has 2 aromatic rings. The van der Waals surface area contributed by atoms with E-state index in [-0.39, 0.29) is 11.3 Å². The Labute approximate surface area is 110 Å². The van der Waals surface area contributed by atoms with Gasteiger partial charge < -0.3 is 0 Å². The van der Waals surface area contributed by atoms with Gasteiger partial charge >= 0.3 is 0 Å². The second-order valence-electron chi connectivity index (χ2n) is 4.03. The fourth-order valence-corrected chi connectivity index (χ4v) is 1.86. The third-order valence-corrected chi connectivity index (χ3v) is 2.98. The SMILES string of the molecule is O=C(CCc1ccc(Cl)cc1)c1ccccc1F. The van der Waals surface area contributed by atoms with Gasteiger partial charge in [-0.2, -0.15) is 0 Å². The predicted molar refractivity (Wildman–Crippen MR) is 70.5 cm³/mol. The number of halogens is 2. The van der Waals surface area contributed by atoms with E-state index in [1.165, 1.54) is 12.1 Å².